The van der Waals surface area contributed by atoms with Crippen molar-refractivity contribution in [1.29, 1.82) is 0 Å². The Balaban J connectivity index is 1.65. The molecule has 2 heterocycles. The molecule has 1 aliphatic rings. The van der Waals surface area contributed by atoms with Crippen LogP contribution in [0.3, 0.4) is 0 Å². The Morgan fingerprint density at radius 1 is 1.12 bits per heavy atom. The zero-order valence-electron chi connectivity index (χ0n) is 14.1. The lowest BCUT2D eigenvalue weighted by atomic mass is 10.1. The Hall–Kier alpha value is -1.79. The minimum Gasteiger partial charge on any atom is -0.300 e. The molecule has 6 heteroatoms. The fourth-order valence-corrected chi connectivity index (χ4v) is 3.61. The highest BCUT2D eigenvalue weighted by Gasteiger charge is 2.19. The van der Waals surface area contributed by atoms with Crippen LogP contribution in [0.4, 0.5) is 0 Å². The SMILES string of the molecule is CC1CCCN1CCc1ccc(-c2cnc(S(C)(=O)=O)nc2)cc1. The van der Waals surface area contributed by atoms with Crippen LogP contribution in [0.5, 0.6) is 0 Å². The summed E-state index contributed by atoms with van der Waals surface area (Å²) in [6, 6.07) is 9.04. The molecule has 128 valence electrons. The van der Waals surface area contributed by atoms with Gasteiger partial charge in [0.1, 0.15) is 0 Å². The van der Waals surface area contributed by atoms with Gasteiger partial charge in [0.2, 0.25) is 15.0 Å². The summed E-state index contributed by atoms with van der Waals surface area (Å²) in [5.41, 5.74) is 3.13. The molecule has 1 aliphatic heterocycles. The van der Waals surface area contributed by atoms with E-state index in [0.717, 1.165) is 30.3 Å². The number of sulfone groups is 1. The fourth-order valence-electron chi connectivity index (χ4n) is 3.12. The summed E-state index contributed by atoms with van der Waals surface area (Å²) < 4.78 is 22.8. The van der Waals surface area contributed by atoms with Crippen LogP contribution < -0.4 is 0 Å². The van der Waals surface area contributed by atoms with Gasteiger partial charge in [0.25, 0.3) is 0 Å². The molecule has 0 amide bonds. The molecule has 0 N–H and O–H groups in total. The van der Waals surface area contributed by atoms with Crippen LogP contribution in [0.1, 0.15) is 25.3 Å². The molecule has 1 unspecified atom stereocenters. The Morgan fingerprint density at radius 2 is 1.79 bits per heavy atom. The first-order valence-corrected chi connectivity index (χ1v) is 10.2. The van der Waals surface area contributed by atoms with Crippen molar-refractivity contribution < 1.29 is 8.42 Å². The Labute approximate surface area is 143 Å². The summed E-state index contributed by atoms with van der Waals surface area (Å²) in [6.45, 7) is 4.62. The van der Waals surface area contributed by atoms with Gasteiger partial charge >= 0.3 is 0 Å². The molecule has 0 saturated carbocycles. The van der Waals surface area contributed by atoms with Crippen LogP contribution in [-0.4, -0.2) is 48.7 Å². The molecular weight excluding hydrogens is 322 g/mol. The number of hydrogen-bond donors (Lipinski definition) is 0. The van der Waals surface area contributed by atoms with Crippen LogP contribution in [0.25, 0.3) is 11.1 Å². The highest BCUT2D eigenvalue weighted by atomic mass is 32.2. The number of benzene rings is 1. The van der Waals surface area contributed by atoms with Gasteiger partial charge in [-0.2, -0.15) is 0 Å². The predicted octanol–water partition coefficient (Wildman–Crippen LogP) is 2.57. The van der Waals surface area contributed by atoms with Crippen LogP contribution >= 0.6 is 0 Å². The highest BCUT2D eigenvalue weighted by Crippen LogP contribution is 2.20. The van der Waals surface area contributed by atoms with Crippen molar-refractivity contribution >= 4 is 9.84 Å². The summed E-state index contributed by atoms with van der Waals surface area (Å²) in [7, 11) is -3.36. The Bertz CT molecular complexity index is 786. The standard InChI is InChI=1S/C18H23N3O2S/c1-14-4-3-10-21(14)11-9-15-5-7-16(8-6-15)17-12-19-18(20-13-17)24(2,22)23/h5-8,12-14H,3-4,9-11H2,1-2H3. The topological polar surface area (TPSA) is 63.2 Å². The number of aromatic nitrogens is 2. The summed E-state index contributed by atoms with van der Waals surface area (Å²) in [6.07, 6.45) is 7.90. The van der Waals surface area contributed by atoms with Crippen molar-refractivity contribution in [2.45, 2.75) is 37.4 Å². The molecule has 2 aromatic rings. The van der Waals surface area contributed by atoms with E-state index in [1.165, 1.54) is 24.9 Å². The van der Waals surface area contributed by atoms with Crippen LogP contribution in [0.15, 0.2) is 41.8 Å². The highest BCUT2D eigenvalue weighted by molar-refractivity contribution is 7.90. The van der Waals surface area contributed by atoms with Crippen molar-refractivity contribution in [3.05, 3.63) is 42.2 Å². The van der Waals surface area contributed by atoms with Gasteiger partial charge in [0.05, 0.1) is 0 Å². The van der Waals surface area contributed by atoms with E-state index in [2.05, 4.69) is 33.9 Å². The third-order valence-electron chi connectivity index (χ3n) is 4.63. The molecule has 3 rings (SSSR count). The second kappa shape index (κ2) is 6.99. The number of likely N-dealkylation sites (tertiary alicyclic amines) is 1. The summed E-state index contributed by atoms with van der Waals surface area (Å²) in [4.78, 5) is 10.4. The van der Waals surface area contributed by atoms with Crippen LogP contribution in [0.2, 0.25) is 0 Å². The molecule has 1 atom stereocenters. The Kier molecular flexibility index (Phi) is 4.96. The lowest BCUT2D eigenvalue weighted by Crippen LogP contribution is -2.28. The first kappa shape index (κ1) is 17.0. The van der Waals surface area contributed by atoms with Crippen molar-refractivity contribution in [2.75, 3.05) is 19.3 Å². The average molecular weight is 345 g/mol. The largest absolute Gasteiger partial charge is 0.300 e. The lowest BCUT2D eigenvalue weighted by molar-refractivity contribution is 0.272. The van der Waals surface area contributed by atoms with Gasteiger partial charge in [-0.3, -0.25) is 0 Å². The number of rotatable bonds is 5. The average Bonchev–Trinajstić information content (AvgIpc) is 2.98. The van der Waals surface area contributed by atoms with E-state index < -0.39 is 9.84 Å². The summed E-state index contributed by atoms with van der Waals surface area (Å²) >= 11 is 0. The van der Waals surface area contributed by atoms with Gasteiger partial charge in [-0.25, -0.2) is 18.4 Å². The van der Waals surface area contributed by atoms with Crippen LogP contribution in [-0.2, 0) is 16.3 Å². The third kappa shape index (κ3) is 3.99. The van der Waals surface area contributed by atoms with Gasteiger partial charge in [0, 0.05) is 36.8 Å². The number of nitrogens with zero attached hydrogens (tertiary/aromatic N) is 3. The van der Waals surface area contributed by atoms with E-state index in [1.54, 1.807) is 12.4 Å². The minimum absolute atomic E-state index is 0.136. The lowest BCUT2D eigenvalue weighted by Gasteiger charge is -2.20. The summed E-state index contributed by atoms with van der Waals surface area (Å²) in [5, 5.41) is -0.136. The maximum absolute atomic E-state index is 11.4. The molecule has 0 radical (unpaired) electrons. The van der Waals surface area contributed by atoms with E-state index >= 15 is 0 Å². The maximum Gasteiger partial charge on any atom is 0.246 e. The van der Waals surface area contributed by atoms with Gasteiger partial charge in [-0.1, -0.05) is 24.3 Å². The molecule has 0 aliphatic carbocycles. The third-order valence-corrected chi connectivity index (χ3v) is 5.50. The second-order valence-corrected chi connectivity index (χ2v) is 8.41. The van der Waals surface area contributed by atoms with Gasteiger partial charge in [-0.05, 0) is 43.9 Å². The van der Waals surface area contributed by atoms with Crippen LogP contribution in [0, 0.1) is 0 Å². The van der Waals surface area contributed by atoms with Crippen molar-refractivity contribution in [3.8, 4) is 11.1 Å². The first-order chi connectivity index (χ1) is 11.4. The molecule has 1 fully saturated rings. The molecule has 1 aromatic heterocycles. The molecule has 1 saturated heterocycles. The molecule has 5 nitrogen and oxygen atoms in total. The molecule has 24 heavy (non-hydrogen) atoms. The van der Waals surface area contributed by atoms with Crippen molar-refractivity contribution in [1.82, 2.24) is 14.9 Å². The number of hydrogen-bond acceptors (Lipinski definition) is 5. The second-order valence-electron chi connectivity index (χ2n) is 6.50. The monoisotopic (exact) mass is 345 g/mol. The van der Waals surface area contributed by atoms with E-state index in [0.29, 0.717) is 6.04 Å². The molecule has 0 spiro atoms. The van der Waals surface area contributed by atoms with E-state index in [4.69, 9.17) is 0 Å². The smallest absolute Gasteiger partial charge is 0.246 e. The zero-order chi connectivity index (χ0) is 17.2. The van der Waals surface area contributed by atoms with Gasteiger partial charge < -0.3 is 4.90 Å². The summed E-state index contributed by atoms with van der Waals surface area (Å²) in [5.74, 6) is 0. The Morgan fingerprint density at radius 3 is 2.33 bits per heavy atom. The predicted molar refractivity (Wildman–Crippen MR) is 94.6 cm³/mol. The molecular formula is C18H23N3O2S. The van der Waals surface area contributed by atoms with Crippen molar-refractivity contribution in [3.63, 3.8) is 0 Å². The van der Waals surface area contributed by atoms with E-state index in [1.807, 2.05) is 12.1 Å². The van der Waals surface area contributed by atoms with E-state index in [-0.39, 0.29) is 5.16 Å². The normalized spacial score (nSPS) is 18.8. The zero-order valence-corrected chi connectivity index (χ0v) is 15.0. The van der Waals surface area contributed by atoms with E-state index in [9.17, 15) is 8.42 Å². The van der Waals surface area contributed by atoms with Gasteiger partial charge in [0.15, 0.2) is 0 Å². The maximum atomic E-state index is 11.4. The van der Waals surface area contributed by atoms with Crippen molar-refractivity contribution in [2.24, 2.45) is 0 Å². The fraction of sp³-hybridized carbons (Fsp3) is 0.444. The molecule has 0 bridgehead atoms. The quantitative estimate of drug-likeness (QED) is 0.780. The molecule has 1 aromatic carbocycles. The van der Waals surface area contributed by atoms with Gasteiger partial charge in [-0.15, -0.1) is 0 Å². The minimum atomic E-state index is -3.36. The first-order valence-electron chi connectivity index (χ1n) is 8.29.